The van der Waals surface area contributed by atoms with Gasteiger partial charge in [0.05, 0.1) is 7.11 Å². The first-order chi connectivity index (χ1) is 23.0. The first-order valence-corrected chi connectivity index (χ1v) is 17.7. The number of esters is 1. The van der Waals surface area contributed by atoms with Crippen LogP contribution < -0.4 is 16.0 Å². The molecule has 0 saturated heterocycles. The number of alkyl carbamates (subject to hydrolysis) is 1. The average molecular weight is 697 g/mol. The third-order valence-electron chi connectivity index (χ3n) is 7.90. The van der Waals surface area contributed by atoms with Crippen LogP contribution in [0.4, 0.5) is 4.79 Å². The second kappa shape index (κ2) is 19.3. The summed E-state index contributed by atoms with van der Waals surface area (Å²) in [7, 11) is 1.26. The van der Waals surface area contributed by atoms with Crippen molar-refractivity contribution >= 4 is 46.5 Å². The Balaban J connectivity index is 2.12. The van der Waals surface area contributed by atoms with Gasteiger partial charge in [0.15, 0.2) is 0 Å². The van der Waals surface area contributed by atoms with Crippen molar-refractivity contribution in [3.05, 3.63) is 72.0 Å². The maximum absolute atomic E-state index is 13.6. The number of rotatable bonds is 18. The lowest BCUT2D eigenvalue weighted by Crippen LogP contribution is -2.56. The van der Waals surface area contributed by atoms with Crippen molar-refractivity contribution in [1.82, 2.24) is 20.9 Å². The number of allylic oxidation sites excluding steroid dienone is 4. The van der Waals surface area contributed by atoms with Crippen molar-refractivity contribution in [2.24, 2.45) is 0 Å². The van der Waals surface area contributed by atoms with E-state index in [9.17, 15) is 19.2 Å². The predicted octanol–water partition coefficient (Wildman–Crippen LogP) is 6.92. The summed E-state index contributed by atoms with van der Waals surface area (Å²) >= 11 is 1.50. The van der Waals surface area contributed by atoms with Crippen molar-refractivity contribution in [2.75, 3.05) is 12.9 Å². The number of aromatic nitrogens is 1. The number of aromatic amines is 1. The van der Waals surface area contributed by atoms with Crippen LogP contribution in [-0.2, 0) is 30.3 Å². The molecule has 0 fully saturated rings. The Labute approximate surface area is 296 Å². The van der Waals surface area contributed by atoms with Gasteiger partial charge in [-0.05, 0) is 92.7 Å². The fraction of sp³-hybridized carbons (Fsp3) is 0.526. The molecule has 0 aliphatic heterocycles. The average Bonchev–Trinajstić information content (AvgIpc) is 3.43. The molecule has 11 heteroatoms. The molecule has 1 aromatic heterocycles. The van der Waals surface area contributed by atoms with E-state index in [1.165, 1.54) is 36.9 Å². The molecular formula is C38H56N4O6S. The van der Waals surface area contributed by atoms with Crippen LogP contribution >= 0.6 is 11.8 Å². The van der Waals surface area contributed by atoms with Crippen LogP contribution in [0.3, 0.4) is 0 Å². The van der Waals surface area contributed by atoms with Gasteiger partial charge in [-0.25, -0.2) is 9.59 Å². The molecule has 2 rings (SSSR count). The van der Waals surface area contributed by atoms with Crippen molar-refractivity contribution in [3.63, 3.8) is 0 Å². The summed E-state index contributed by atoms with van der Waals surface area (Å²) in [5.74, 6) is -1.54. The lowest BCUT2D eigenvalue weighted by Gasteiger charge is -2.29. The van der Waals surface area contributed by atoms with Crippen LogP contribution in [0, 0.1) is 0 Å². The topological polar surface area (TPSA) is 139 Å². The van der Waals surface area contributed by atoms with Crippen LogP contribution in [0.15, 0.2) is 66.4 Å². The molecule has 3 amide bonds. The molecule has 4 atom stereocenters. The summed E-state index contributed by atoms with van der Waals surface area (Å²) in [6.45, 7) is 19.2. The zero-order chi connectivity index (χ0) is 36.8. The molecule has 3 unspecified atom stereocenters. The number of fused-ring (bicyclic) bond motifs is 1. The summed E-state index contributed by atoms with van der Waals surface area (Å²) in [6.07, 6.45) is 11.2. The number of nitrogens with one attached hydrogen (secondary N) is 4. The van der Waals surface area contributed by atoms with Gasteiger partial charge in [0.2, 0.25) is 11.8 Å². The summed E-state index contributed by atoms with van der Waals surface area (Å²) in [6, 6.07) is 4.62. The second-order valence-electron chi connectivity index (χ2n) is 13.8. The predicted molar refractivity (Wildman–Crippen MR) is 199 cm³/mol. The van der Waals surface area contributed by atoms with Gasteiger partial charge >= 0.3 is 12.1 Å². The normalized spacial score (nSPS) is 14.8. The van der Waals surface area contributed by atoms with Gasteiger partial charge in [-0.1, -0.05) is 47.6 Å². The maximum atomic E-state index is 13.6. The van der Waals surface area contributed by atoms with Crippen LogP contribution in [0.5, 0.6) is 0 Å². The third-order valence-corrected chi connectivity index (χ3v) is 9.43. The van der Waals surface area contributed by atoms with Gasteiger partial charge in [0.25, 0.3) is 0 Å². The Bertz CT molecular complexity index is 1500. The van der Waals surface area contributed by atoms with Crippen LogP contribution in [-0.4, -0.2) is 70.2 Å². The lowest BCUT2D eigenvalue weighted by molar-refractivity contribution is -0.145. The van der Waals surface area contributed by atoms with Crippen molar-refractivity contribution in [2.45, 2.75) is 116 Å². The van der Waals surface area contributed by atoms with E-state index in [-0.39, 0.29) is 16.9 Å². The number of carbonyl (C=O) groups excluding carboxylic acids is 4. The van der Waals surface area contributed by atoms with Crippen LogP contribution in [0.1, 0.15) is 86.6 Å². The van der Waals surface area contributed by atoms with E-state index in [4.69, 9.17) is 9.47 Å². The molecule has 2 aromatic rings. The zero-order valence-corrected chi connectivity index (χ0v) is 31.5. The quantitative estimate of drug-likeness (QED) is 0.0981. The molecule has 0 bridgehead atoms. The number of para-hydroxylation sites is 1. The van der Waals surface area contributed by atoms with Gasteiger partial charge < -0.3 is 30.4 Å². The number of ether oxygens (including phenoxy) is 2. The maximum Gasteiger partial charge on any atom is 0.408 e. The zero-order valence-electron chi connectivity index (χ0n) is 30.7. The Kier molecular flexibility index (Phi) is 16.2. The molecule has 49 heavy (non-hydrogen) atoms. The minimum atomic E-state index is -1.03. The number of amides is 3. The van der Waals surface area contributed by atoms with Gasteiger partial charge in [0, 0.05) is 34.0 Å². The number of hydrogen-bond acceptors (Lipinski definition) is 7. The summed E-state index contributed by atoms with van der Waals surface area (Å²) < 4.78 is 10.0. The molecule has 1 heterocycles. The van der Waals surface area contributed by atoms with E-state index in [0.29, 0.717) is 0 Å². The van der Waals surface area contributed by atoms with E-state index < -0.39 is 47.6 Å². The SMILES string of the molecule is C=CC(C)(CC/C=C(\C)CCC=C(C)C)SCC(NC(=O)OC(C)(C)C)C(=O)N[C@@H](C)C(=O)NC(Cc1c[nH]c2ccccc12)C(=O)OC. The minimum absolute atomic E-state index is 0.187. The molecular weight excluding hydrogens is 641 g/mol. The van der Waals surface area contributed by atoms with E-state index in [1.807, 2.05) is 30.3 Å². The smallest absolute Gasteiger partial charge is 0.408 e. The molecule has 0 aliphatic rings. The summed E-state index contributed by atoms with van der Waals surface area (Å²) in [5.41, 5.74) is 3.60. The molecule has 4 N–H and O–H groups in total. The molecule has 0 saturated carbocycles. The third kappa shape index (κ3) is 14.6. The second-order valence-corrected chi connectivity index (χ2v) is 15.4. The highest BCUT2D eigenvalue weighted by atomic mass is 32.2. The number of methoxy groups -OCH3 is 1. The summed E-state index contributed by atoms with van der Waals surface area (Å²) in [5, 5.41) is 9.04. The molecule has 270 valence electrons. The fourth-order valence-electron chi connectivity index (χ4n) is 4.97. The van der Waals surface area contributed by atoms with E-state index in [2.05, 4.69) is 67.4 Å². The van der Waals surface area contributed by atoms with Gasteiger partial charge in [-0.3, -0.25) is 9.59 Å². The van der Waals surface area contributed by atoms with E-state index in [1.54, 1.807) is 27.0 Å². The number of carbonyl (C=O) groups is 4. The number of benzene rings is 1. The summed E-state index contributed by atoms with van der Waals surface area (Å²) in [4.78, 5) is 55.5. The monoisotopic (exact) mass is 696 g/mol. The first-order valence-electron chi connectivity index (χ1n) is 16.8. The number of thioether (sulfide) groups is 1. The Morgan fingerprint density at radius 3 is 2.29 bits per heavy atom. The highest BCUT2D eigenvalue weighted by Gasteiger charge is 2.31. The van der Waals surface area contributed by atoms with Crippen molar-refractivity contribution in [1.29, 1.82) is 0 Å². The van der Waals surface area contributed by atoms with Crippen molar-refractivity contribution in [3.8, 4) is 0 Å². The van der Waals surface area contributed by atoms with Gasteiger partial charge in [0.1, 0.15) is 23.7 Å². The number of H-pyrrole nitrogens is 1. The van der Waals surface area contributed by atoms with Crippen LogP contribution in [0.2, 0.25) is 0 Å². The van der Waals surface area contributed by atoms with Gasteiger partial charge in [-0.15, -0.1) is 18.3 Å². The molecule has 10 nitrogen and oxygen atoms in total. The fourth-order valence-corrected chi connectivity index (χ4v) is 6.13. The number of hydrogen-bond donors (Lipinski definition) is 4. The standard InChI is InChI=1S/C38H56N4O6S/c1-11-38(9,21-15-18-26(4)17-14-16-25(2)3)49-24-32(42-36(46)48-37(6,7)8)34(44)40-27(5)33(43)41-31(35(45)47-10)22-28-23-39-30-20-13-12-19-29(28)30/h11-13,16,18-20,23,27,31-32,39H,1,14-15,17,21-22,24H2,2-10H3,(H,40,44)(H,41,43)(H,42,46)/b26-18+/t27-,31?,32?,38?/m0/s1. The molecule has 1 aromatic carbocycles. The lowest BCUT2D eigenvalue weighted by atomic mass is 10.0. The van der Waals surface area contributed by atoms with Crippen LogP contribution in [0.25, 0.3) is 10.9 Å². The minimum Gasteiger partial charge on any atom is -0.467 e. The van der Waals surface area contributed by atoms with Crippen molar-refractivity contribution < 1.29 is 28.7 Å². The Hall–Kier alpha value is -3.99. The first kappa shape index (κ1) is 41.2. The highest BCUT2D eigenvalue weighted by Crippen LogP contribution is 2.32. The molecule has 0 radical (unpaired) electrons. The van der Waals surface area contributed by atoms with E-state index >= 15 is 0 Å². The molecule has 0 aliphatic carbocycles. The Morgan fingerprint density at radius 1 is 0.959 bits per heavy atom. The Morgan fingerprint density at radius 2 is 1.65 bits per heavy atom. The largest absolute Gasteiger partial charge is 0.467 e. The van der Waals surface area contributed by atoms with E-state index in [0.717, 1.165) is 42.1 Å². The van der Waals surface area contributed by atoms with Gasteiger partial charge in [-0.2, -0.15) is 0 Å². The highest BCUT2D eigenvalue weighted by molar-refractivity contribution is 8.00. The molecule has 0 spiro atoms.